The first-order valence-corrected chi connectivity index (χ1v) is 6.42. The quantitative estimate of drug-likeness (QED) is 0.384. The van der Waals surface area contributed by atoms with Crippen molar-refractivity contribution in [2.45, 2.75) is 19.8 Å². The van der Waals surface area contributed by atoms with Crippen molar-refractivity contribution in [2.75, 3.05) is 11.9 Å². The van der Waals surface area contributed by atoms with Crippen LogP contribution in [0.1, 0.15) is 19.8 Å². The molecule has 1 aromatic rings. The van der Waals surface area contributed by atoms with Crippen molar-refractivity contribution in [3.05, 3.63) is 30.1 Å². The summed E-state index contributed by atoms with van der Waals surface area (Å²) in [7, 11) is 1.60. The Morgan fingerprint density at radius 3 is 2.45 bits per heavy atom. The number of amidine groups is 1. The van der Waals surface area contributed by atoms with Gasteiger partial charge in [-0.3, -0.25) is 4.79 Å². The summed E-state index contributed by atoms with van der Waals surface area (Å²) in [5.74, 6) is -0.314. The lowest BCUT2D eigenvalue weighted by atomic mass is 9.61. The molecule has 0 heterocycles. The van der Waals surface area contributed by atoms with E-state index in [1.54, 1.807) is 7.05 Å². The molecule has 6 heteroatoms. The maximum atomic E-state index is 12.9. The third-order valence-corrected chi connectivity index (χ3v) is 3.92. The maximum absolute atomic E-state index is 12.9. The highest BCUT2D eigenvalue weighted by atomic mass is 19.1. The van der Waals surface area contributed by atoms with Crippen LogP contribution >= 0.6 is 0 Å². The standard InChI is InChI=1S/C14H18FN3O2/c1-9-7-14(8-9,12(16)17-20)13(19)18(2)11-5-3-10(15)4-6-11/h3-6,9,20H,7-8H2,1-2H3,(H2,16,17). The zero-order valence-corrected chi connectivity index (χ0v) is 11.5. The highest BCUT2D eigenvalue weighted by molar-refractivity contribution is 6.13. The van der Waals surface area contributed by atoms with Crippen LogP contribution in [0.15, 0.2) is 29.4 Å². The van der Waals surface area contributed by atoms with Crippen LogP contribution in [0.3, 0.4) is 0 Å². The number of nitrogens with zero attached hydrogens (tertiary/aromatic N) is 2. The number of amides is 1. The van der Waals surface area contributed by atoms with Gasteiger partial charge in [0.15, 0.2) is 5.84 Å². The van der Waals surface area contributed by atoms with Gasteiger partial charge in [-0.2, -0.15) is 0 Å². The molecular weight excluding hydrogens is 261 g/mol. The van der Waals surface area contributed by atoms with Crippen LogP contribution in [0.2, 0.25) is 0 Å². The summed E-state index contributed by atoms with van der Waals surface area (Å²) < 4.78 is 12.9. The zero-order chi connectivity index (χ0) is 14.9. The van der Waals surface area contributed by atoms with Crippen molar-refractivity contribution in [3.8, 4) is 0 Å². The number of halogens is 1. The summed E-state index contributed by atoms with van der Waals surface area (Å²) in [6.45, 7) is 2.01. The number of hydrogen-bond donors (Lipinski definition) is 2. The number of nitrogens with two attached hydrogens (primary N) is 1. The molecule has 1 aliphatic rings. The Morgan fingerprint density at radius 1 is 1.45 bits per heavy atom. The van der Waals surface area contributed by atoms with Gasteiger partial charge in [-0.1, -0.05) is 12.1 Å². The van der Waals surface area contributed by atoms with Crippen LogP contribution in [-0.4, -0.2) is 24.0 Å². The van der Waals surface area contributed by atoms with E-state index in [0.29, 0.717) is 24.4 Å². The molecule has 2 rings (SSSR count). The van der Waals surface area contributed by atoms with Crippen LogP contribution in [0.4, 0.5) is 10.1 Å². The molecule has 0 atom stereocenters. The van der Waals surface area contributed by atoms with E-state index in [4.69, 9.17) is 10.9 Å². The molecule has 0 saturated heterocycles. The smallest absolute Gasteiger partial charge is 0.240 e. The summed E-state index contributed by atoms with van der Waals surface area (Å²) >= 11 is 0. The predicted molar refractivity (Wildman–Crippen MR) is 74.0 cm³/mol. The summed E-state index contributed by atoms with van der Waals surface area (Å²) in [6.07, 6.45) is 1.10. The van der Waals surface area contributed by atoms with Crippen molar-refractivity contribution < 1.29 is 14.4 Å². The molecule has 1 fully saturated rings. The van der Waals surface area contributed by atoms with Gasteiger partial charge in [0, 0.05) is 12.7 Å². The monoisotopic (exact) mass is 279 g/mol. The third-order valence-electron chi connectivity index (χ3n) is 3.92. The van der Waals surface area contributed by atoms with Crippen molar-refractivity contribution in [1.29, 1.82) is 0 Å². The van der Waals surface area contributed by atoms with E-state index < -0.39 is 5.41 Å². The van der Waals surface area contributed by atoms with Crippen molar-refractivity contribution in [1.82, 2.24) is 0 Å². The van der Waals surface area contributed by atoms with Gasteiger partial charge < -0.3 is 15.8 Å². The predicted octanol–water partition coefficient (Wildman–Crippen LogP) is 1.95. The molecule has 0 spiro atoms. The first-order chi connectivity index (χ1) is 9.40. The van der Waals surface area contributed by atoms with E-state index in [1.165, 1.54) is 29.2 Å². The average molecular weight is 279 g/mol. The van der Waals surface area contributed by atoms with Crippen LogP contribution < -0.4 is 10.6 Å². The fourth-order valence-corrected chi connectivity index (χ4v) is 2.82. The molecule has 1 saturated carbocycles. The summed E-state index contributed by atoms with van der Waals surface area (Å²) in [5, 5.41) is 11.9. The second-order valence-electron chi connectivity index (χ2n) is 5.42. The first kappa shape index (κ1) is 14.3. The Kier molecular flexibility index (Phi) is 3.65. The number of carbonyl (C=O) groups excluding carboxylic acids is 1. The van der Waals surface area contributed by atoms with E-state index in [9.17, 15) is 9.18 Å². The minimum atomic E-state index is -0.947. The number of rotatable bonds is 3. The van der Waals surface area contributed by atoms with Gasteiger partial charge in [0.2, 0.25) is 5.91 Å². The zero-order valence-electron chi connectivity index (χ0n) is 11.5. The maximum Gasteiger partial charge on any atom is 0.240 e. The van der Waals surface area contributed by atoms with Gasteiger partial charge in [-0.15, -0.1) is 0 Å². The first-order valence-electron chi connectivity index (χ1n) is 6.42. The second kappa shape index (κ2) is 5.11. The van der Waals surface area contributed by atoms with Gasteiger partial charge in [0.1, 0.15) is 11.2 Å². The molecule has 1 aromatic carbocycles. The van der Waals surface area contributed by atoms with Crippen LogP contribution in [-0.2, 0) is 4.79 Å². The Balaban J connectivity index is 2.27. The SMILES string of the molecule is CC1CC(C(=O)N(C)c2ccc(F)cc2)(/C(N)=N/O)C1. The molecular formula is C14H18FN3O2. The summed E-state index contributed by atoms with van der Waals surface area (Å²) in [6, 6.07) is 5.63. The van der Waals surface area contributed by atoms with Crippen LogP contribution in [0.5, 0.6) is 0 Å². The van der Waals surface area contributed by atoms with Crippen molar-refractivity contribution in [3.63, 3.8) is 0 Å². The molecule has 0 aliphatic heterocycles. The minimum absolute atomic E-state index is 0.0606. The number of hydrogen-bond acceptors (Lipinski definition) is 3. The van der Waals surface area contributed by atoms with Gasteiger partial charge in [-0.25, -0.2) is 4.39 Å². The Labute approximate surface area is 116 Å². The Hall–Kier alpha value is -2.11. The van der Waals surface area contributed by atoms with Gasteiger partial charge >= 0.3 is 0 Å². The van der Waals surface area contributed by atoms with E-state index >= 15 is 0 Å². The molecule has 0 radical (unpaired) electrons. The summed E-state index contributed by atoms with van der Waals surface area (Å²) in [4.78, 5) is 14.1. The van der Waals surface area contributed by atoms with Gasteiger partial charge in [0.05, 0.1) is 0 Å². The molecule has 20 heavy (non-hydrogen) atoms. The molecule has 0 bridgehead atoms. The molecule has 108 valence electrons. The topological polar surface area (TPSA) is 78.9 Å². The van der Waals surface area contributed by atoms with Gasteiger partial charge in [0.25, 0.3) is 0 Å². The number of carbonyl (C=O) groups is 1. The lowest BCUT2D eigenvalue weighted by molar-refractivity contribution is -0.130. The summed E-state index contributed by atoms with van der Waals surface area (Å²) in [5.41, 5.74) is 5.33. The lowest BCUT2D eigenvalue weighted by Crippen LogP contribution is -2.57. The van der Waals surface area contributed by atoms with E-state index in [0.717, 1.165) is 0 Å². The lowest BCUT2D eigenvalue weighted by Gasteiger charge is -2.45. The number of anilines is 1. The third kappa shape index (κ3) is 2.21. The van der Waals surface area contributed by atoms with Crippen molar-refractivity contribution >= 4 is 17.4 Å². The fourth-order valence-electron chi connectivity index (χ4n) is 2.82. The largest absolute Gasteiger partial charge is 0.409 e. The fraction of sp³-hybridized carbons (Fsp3) is 0.429. The molecule has 1 aliphatic carbocycles. The van der Waals surface area contributed by atoms with Crippen LogP contribution in [0, 0.1) is 17.2 Å². The molecule has 0 unspecified atom stereocenters. The number of oxime groups is 1. The molecule has 1 amide bonds. The minimum Gasteiger partial charge on any atom is -0.409 e. The van der Waals surface area contributed by atoms with E-state index in [1.807, 2.05) is 6.92 Å². The Morgan fingerprint density at radius 2 is 2.00 bits per heavy atom. The molecule has 0 aromatic heterocycles. The second-order valence-corrected chi connectivity index (χ2v) is 5.42. The Bertz CT molecular complexity index is 536. The highest BCUT2D eigenvalue weighted by Gasteiger charge is 2.53. The van der Waals surface area contributed by atoms with E-state index in [-0.39, 0.29) is 17.6 Å². The van der Waals surface area contributed by atoms with Crippen molar-refractivity contribution in [2.24, 2.45) is 22.2 Å². The van der Waals surface area contributed by atoms with E-state index in [2.05, 4.69) is 5.16 Å². The average Bonchev–Trinajstić information content (AvgIpc) is 2.42. The van der Waals surface area contributed by atoms with Crippen LogP contribution in [0.25, 0.3) is 0 Å². The normalized spacial score (nSPS) is 25.9. The highest BCUT2D eigenvalue weighted by Crippen LogP contribution is 2.47. The number of benzene rings is 1. The van der Waals surface area contributed by atoms with Gasteiger partial charge in [-0.05, 0) is 43.0 Å². The molecule has 3 N–H and O–H groups in total. The molecule has 5 nitrogen and oxygen atoms in total.